The lowest BCUT2D eigenvalue weighted by Crippen LogP contribution is -2.41. The largest absolute Gasteiger partial charge is 0.496 e. The molecule has 0 spiro atoms. The molecule has 0 atom stereocenters. The Hall–Kier alpha value is -1.60. The van der Waals surface area contributed by atoms with Crippen LogP contribution in [0.3, 0.4) is 0 Å². The summed E-state index contributed by atoms with van der Waals surface area (Å²) in [5.74, 6) is 0.891. The van der Waals surface area contributed by atoms with Crippen molar-refractivity contribution in [2.24, 2.45) is 5.92 Å². The molecule has 0 aromatic carbocycles. The smallest absolute Gasteiger partial charge is 0.474 e. The molecule has 7 heteroatoms. The SMILES string of the molecule is COC(=O)CC1CCC(Oc2ccc(B3OC(C)(C)C(C)(C)O3)cn2)CC1. The number of nitrogens with zero attached hydrogens (tertiary/aromatic N) is 1. The van der Waals surface area contributed by atoms with E-state index in [0.717, 1.165) is 31.1 Å². The van der Waals surface area contributed by atoms with Gasteiger partial charge in [-0.3, -0.25) is 4.79 Å². The highest BCUT2D eigenvalue weighted by atomic mass is 16.7. The highest BCUT2D eigenvalue weighted by molar-refractivity contribution is 6.62. The first kappa shape index (κ1) is 20.1. The number of pyridine rings is 1. The van der Waals surface area contributed by atoms with Crippen LogP contribution in [0.2, 0.25) is 0 Å². The number of carbonyl (C=O) groups is 1. The summed E-state index contributed by atoms with van der Waals surface area (Å²) in [6.45, 7) is 8.14. The zero-order valence-corrected chi connectivity index (χ0v) is 17.0. The van der Waals surface area contributed by atoms with Crippen LogP contribution in [0.5, 0.6) is 5.88 Å². The van der Waals surface area contributed by atoms with E-state index in [1.165, 1.54) is 7.11 Å². The molecule has 0 radical (unpaired) electrons. The third-order valence-electron chi connectivity index (χ3n) is 6.05. The van der Waals surface area contributed by atoms with E-state index in [1.54, 1.807) is 6.20 Å². The number of esters is 1. The summed E-state index contributed by atoms with van der Waals surface area (Å²) in [6.07, 6.45) is 6.24. The Morgan fingerprint density at radius 3 is 2.30 bits per heavy atom. The summed E-state index contributed by atoms with van der Waals surface area (Å²) in [4.78, 5) is 15.8. The summed E-state index contributed by atoms with van der Waals surface area (Å²) in [5, 5.41) is 0. The highest BCUT2D eigenvalue weighted by Crippen LogP contribution is 2.36. The van der Waals surface area contributed by atoms with Gasteiger partial charge in [-0.25, -0.2) is 4.98 Å². The lowest BCUT2D eigenvalue weighted by atomic mass is 9.80. The van der Waals surface area contributed by atoms with E-state index in [2.05, 4.69) is 4.98 Å². The van der Waals surface area contributed by atoms with Crippen LogP contribution >= 0.6 is 0 Å². The van der Waals surface area contributed by atoms with E-state index in [1.807, 2.05) is 39.8 Å². The Bertz CT molecular complexity index is 637. The molecular formula is C20H30BNO5. The molecule has 0 unspecified atom stereocenters. The van der Waals surface area contributed by atoms with Crippen LogP contribution in [0.25, 0.3) is 0 Å². The van der Waals surface area contributed by atoms with Crippen molar-refractivity contribution in [2.45, 2.75) is 77.1 Å². The van der Waals surface area contributed by atoms with Crippen LogP contribution in [0.15, 0.2) is 18.3 Å². The van der Waals surface area contributed by atoms with Gasteiger partial charge in [0.25, 0.3) is 0 Å². The van der Waals surface area contributed by atoms with Gasteiger partial charge < -0.3 is 18.8 Å². The molecule has 27 heavy (non-hydrogen) atoms. The number of methoxy groups -OCH3 is 1. The fourth-order valence-corrected chi connectivity index (χ4v) is 3.52. The quantitative estimate of drug-likeness (QED) is 0.583. The van der Waals surface area contributed by atoms with Crippen molar-refractivity contribution in [1.29, 1.82) is 0 Å². The number of carbonyl (C=O) groups excluding carboxylic acids is 1. The van der Waals surface area contributed by atoms with Crippen molar-refractivity contribution < 1.29 is 23.6 Å². The monoisotopic (exact) mass is 375 g/mol. The van der Waals surface area contributed by atoms with Crippen LogP contribution in [0.4, 0.5) is 0 Å². The van der Waals surface area contributed by atoms with E-state index < -0.39 is 7.12 Å². The topological polar surface area (TPSA) is 66.9 Å². The lowest BCUT2D eigenvalue weighted by Gasteiger charge is -2.32. The zero-order chi connectivity index (χ0) is 19.7. The molecule has 6 nitrogen and oxygen atoms in total. The van der Waals surface area contributed by atoms with E-state index in [9.17, 15) is 4.79 Å². The molecule has 148 valence electrons. The summed E-state index contributed by atoms with van der Waals surface area (Å²) in [6, 6.07) is 3.83. The summed E-state index contributed by atoms with van der Waals surface area (Å²) in [5.41, 5.74) is 0.161. The molecule has 0 amide bonds. The standard InChI is InChI=1S/C20H30BNO5/c1-19(2)20(3,4)27-21(26-19)15-8-11-17(22-13-15)25-16-9-6-14(7-10-16)12-18(23)24-5/h8,11,13-14,16H,6-7,9-10,12H2,1-5H3. The minimum absolute atomic E-state index is 0.126. The average molecular weight is 375 g/mol. The van der Waals surface area contributed by atoms with Crippen molar-refractivity contribution in [3.8, 4) is 5.88 Å². The minimum atomic E-state index is -0.412. The van der Waals surface area contributed by atoms with E-state index in [-0.39, 0.29) is 23.3 Å². The Morgan fingerprint density at radius 2 is 1.78 bits per heavy atom. The number of hydrogen-bond donors (Lipinski definition) is 0. The fourth-order valence-electron chi connectivity index (χ4n) is 3.52. The molecule has 2 aliphatic rings. The Balaban J connectivity index is 1.51. The maximum Gasteiger partial charge on any atom is 0.496 e. The van der Waals surface area contributed by atoms with Crippen molar-refractivity contribution in [3.63, 3.8) is 0 Å². The molecule has 1 aromatic heterocycles. The summed E-state index contributed by atoms with van der Waals surface area (Å²) >= 11 is 0. The average Bonchev–Trinajstić information content (AvgIpc) is 2.85. The Labute approximate surface area is 162 Å². The van der Waals surface area contributed by atoms with Crippen LogP contribution < -0.4 is 10.2 Å². The minimum Gasteiger partial charge on any atom is -0.474 e. The van der Waals surface area contributed by atoms with E-state index >= 15 is 0 Å². The molecule has 0 N–H and O–H groups in total. The zero-order valence-electron chi connectivity index (χ0n) is 17.0. The van der Waals surface area contributed by atoms with Gasteiger partial charge in [-0.15, -0.1) is 0 Å². The predicted octanol–water partition coefficient (Wildman–Crippen LogP) is 2.88. The predicted molar refractivity (Wildman–Crippen MR) is 103 cm³/mol. The van der Waals surface area contributed by atoms with Gasteiger partial charge in [0.15, 0.2) is 0 Å². The molecule has 1 aliphatic heterocycles. The normalized spacial score (nSPS) is 26.6. The van der Waals surface area contributed by atoms with Crippen LogP contribution in [0, 0.1) is 5.92 Å². The number of aromatic nitrogens is 1. The molecular weight excluding hydrogens is 345 g/mol. The molecule has 1 saturated heterocycles. The number of rotatable bonds is 5. The van der Waals surface area contributed by atoms with Gasteiger partial charge in [-0.2, -0.15) is 0 Å². The highest BCUT2D eigenvalue weighted by Gasteiger charge is 2.51. The second-order valence-electron chi connectivity index (χ2n) is 8.56. The van der Waals surface area contributed by atoms with Gasteiger partial charge in [-0.1, -0.05) is 6.07 Å². The van der Waals surface area contributed by atoms with Crippen molar-refractivity contribution >= 4 is 18.6 Å². The first-order chi connectivity index (χ1) is 12.7. The first-order valence-electron chi connectivity index (χ1n) is 9.75. The molecule has 1 aromatic rings. The number of ether oxygens (including phenoxy) is 2. The number of hydrogen-bond acceptors (Lipinski definition) is 6. The Morgan fingerprint density at radius 1 is 1.15 bits per heavy atom. The van der Waals surface area contributed by atoms with Crippen LogP contribution in [0.1, 0.15) is 59.8 Å². The summed E-state index contributed by atoms with van der Waals surface area (Å²) in [7, 11) is 1.03. The lowest BCUT2D eigenvalue weighted by molar-refractivity contribution is -0.142. The summed E-state index contributed by atoms with van der Waals surface area (Å²) < 4.78 is 22.9. The third kappa shape index (κ3) is 4.64. The second-order valence-corrected chi connectivity index (χ2v) is 8.56. The van der Waals surface area contributed by atoms with E-state index in [4.69, 9.17) is 18.8 Å². The van der Waals surface area contributed by atoms with Crippen LogP contribution in [-0.4, -0.2) is 42.5 Å². The maximum atomic E-state index is 11.4. The van der Waals surface area contributed by atoms with Gasteiger partial charge >= 0.3 is 13.1 Å². The first-order valence-corrected chi connectivity index (χ1v) is 9.75. The van der Waals surface area contributed by atoms with E-state index in [0.29, 0.717) is 18.2 Å². The molecule has 0 bridgehead atoms. The van der Waals surface area contributed by atoms with Gasteiger partial charge in [0.05, 0.1) is 18.3 Å². The fraction of sp³-hybridized carbons (Fsp3) is 0.700. The van der Waals surface area contributed by atoms with Gasteiger partial charge in [0.1, 0.15) is 6.10 Å². The van der Waals surface area contributed by atoms with Crippen LogP contribution in [-0.2, 0) is 18.8 Å². The van der Waals surface area contributed by atoms with Crippen molar-refractivity contribution in [3.05, 3.63) is 18.3 Å². The molecule has 2 fully saturated rings. The van der Waals surface area contributed by atoms with Gasteiger partial charge in [-0.05, 0) is 65.4 Å². The third-order valence-corrected chi connectivity index (χ3v) is 6.05. The molecule has 2 heterocycles. The maximum absolute atomic E-state index is 11.4. The van der Waals surface area contributed by atoms with Crippen molar-refractivity contribution in [2.75, 3.05) is 7.11 Å². The molecule has 1 saturated carbocycles. The molecule has 3 rings (SSSR count). The van der Waals surface area contributed by atoms with Crippen molar-refractivity contribution in [1.82, 2.24) is 4.98 Å². The second kappa shape index (κ2) is 7.80. The molecule has 1 aliphatic carbocycles. The van der Waals surface area contributed by atoms with Gasteiger partial charge in [0, 0.05) is 18.1 Å². The van der Waals surface area contributed by atoms with Gasteiger partial charge in [0.2, 0.25) is 5.88 Å². The Kier molecular flexibility index (Phi) is 5.82.